The van der Waals surface area contributed by atoms with Gasteiger partial charge in [0.05, 0.1) is 35.8 Å². The minimum absolute atomic E-state index is 0.0186. The Hall–Kier alpha value is -4.27. The standard InChI is InChI=1S/C31H28F3NO5/c1-4-38-25-16-19(12-13-24(25)39-15-14-18(2)3)27-26-28(36)22-10-5-6-11-23(22)40-29(26)30(37)35(27)21-9-7-8-20(17-21)31(32,33)34/h5-13,16-18,27H,4,14-15H2,1-3H3. The molecular weight excluding hydrogens is 523 g/mol. The number of carbonyl (C=O) groups excluding carboxylic acids is 1. The van der Waals surface area contributed by atoms with Crippen molar-refractivity contribution in [1.82, 2.24) is 0 Å². The molecule has 40 heavy (non-hydrogen) atoms. The van der Waals surface area contributed by atoms with E-state index in [2.05, 4.69) is 13.8 Å². The van der Waals surface area contributed by atoms with Crippen LogP contribution >= 0.6 is 0 Å². The maximum atomic E-state index is 13.8. The second kappa shape index (κ2) is 10.7. The van der Waals surface area contributed by atoms with Gasteiger partial charge < -0.3 is 13.9 Å². The molecule has 3 aromatic carbocycles. The van der Waals surface area contributed by atoms with Crippen molar-refractivity contribution in [2.24, 2.45) is 5.92 Å². The van der Waals surface area contributed by atoms with Gasteiger partial charge >= 0.3 is 6.18 Å². The minimum atomic E-state index is -4.62. The summed E-state index contributed by atoms with van der Waals surface area (Å²) >= 11 is 0. The molecule has 1 aromatic heterocycles. The summed E-state index contributed by atoms with van der Waals surface area (Å²) in [7, 11) is 0. The Morgan fingerprint density at radius 2 is 1.73 bits per heavy atom. The smallest absolute Gasteiger partial charge is 0.416 e. The van der Waals surface area contributed by atoms with Crippen LogP contribution in [-0.2, 0) is 6.18 Å². The van der Waals surface area contributed by atoms with Gasteiger partial charge in [-0.1, -0.05) is 38.1 Å². The molecule has 1 atom stereocenters. The first kappa shape index (κ1) is 27.3. The number of rotatable bonds is 8. The first-order valence-electron chi connectivity index (χ1n) is 13.1. The second-order valence-corrected chi connectivity index (χ2v) is 9.97. The Kier molecular flexibility index (Phi) is 7.31. The number of anilines is 1. The number of carbonyl (C=O) groups is 1. The minimum Gasteiger partial charge on any atom is -0.490 e. The quantitative estimate of drug-likeness (QED) is 0.229. The van der Waals surface area contributed by atoms with E-state index in [1.807, 2.05) is 6.92 Å². The predicted octanol–water partition coefficient (Wildman–Crippen LogP) is 7.39. The number of alkyl halides is 3. The van der Waals surface area contributed by atoms with Crippen LogP contribution in [0.25, 0.3) is 11.0 Å². The molecule has 1 aliphatic rings. The Balaban J connectivity index is 1.70. The molecular formula is C31H28F3NO5. The van der Waals surface area contributed by atoms with E-state index in [0.717, 1.165) is 18.6 Å². The molecule has 1 aliphatic heterocycles. The lowest BCUT2D eigenvalue weighted by molar-refractivity contribution is -0.137. The fraction of sp³-hybridized carbons (Fsp3) is 0.290. The lowest BCUT2D eigenvalue weighted by atomic mass is 9.97. The number of para-hydroxylation sites is 1. The van der Waals surface area contributed by atoms with Crippen LogP contribution in [0.3, 0.4) is 0 Å². The number of halogens is 3. The van der Waals surface area contributed by atoms with Gasteiger partial charge in [0.25, 0.3) is 5.91 Å². The number of ether oxygens (including phenoxy) is 2. The molecule has 2 heterocycles. The molecule has 0 aliphatic carbocycles. The zero-order valence-corrected chi connectivity index (χ0v) is 22.2. The molecule has 0 saturated carbocycles. The van der Waals surface area contributed by atoms with E-state index in [1.54, 1.807) is 42.5 Å². The van der Waals surface area contributed by atoms with E-state index >= 15 is 0 Å². The summed E-state index contributed by atoms with van der Waals surface area (Å²) in [6.07, 6.45) is -3.80. The van der Waals surface area contributed by atoms with Crippen molar-refractivity contribution >= 4 is 22.6 Å². The van der Waals surface area contributed by atoms with E-state index in [-0.39, 0.29) is 28.0 Å². The summed E-state index contributed by atoms with van der Waals surface area (Å²) in [5.41, 5.74) is -0.632. The van der Waals surface area contributed by atoms with Crippen molar-refractivity contribution in [2.75, 3.05) is 18.1 Å². The van der Waals surface area contributed by atoms with Gasteiger partial charge in [-0.05, 0) is 67.3 Å². The van der Waals surface area contributed by atoms with Crippen LogP contribution < -0.4 is 19.8 Å². The van der Waals surface area contributed by atoms with Gasteiger partial charge in [0.1, 0.15) is 5.58 Å². The Bertz CT molecular complexity index is 1630. The van der Waals surface area contributed by atoms with E-state index in [0.29, 0.717) is 36.2 Å². The molecule has 9 heteroatoms. The van der Waals surface area contributed by atoms with Crippen LogP contribution in [0.1, 0.15) is 60.5 Å². The highest BCUT2D eigenvalue weighted by atomic mass is 19.4. The third-order valence-corrected chi connectivity index (χ3v) is 6.77. The van der Waals surface area contributed by atoms with Gasteiger partial charge in [-0.2, -0.15) is 13.2 Å². The normalized spacial score (nSPS) is 15.1. The molecule has 208 valence electrons. The van der Waals surface area contributed by atoms with Crippen molar-refractivity contribution in [1.29, 1.82) is 0 Å². The van der Waals surface area contributed by atoms with Crippen LogP contribution in [0.15, 0.2) is 75.9 Å². The van der Waals surface area contributed by atoms with E-state index in [4.69, 9.17) is 13.9 Å². The molecule has 0 N–H and O–H groups in total. The molecule has 0 spiro atoms. The predicted molar refractivity (Wildman–Crippen MR) is 145 cm³/mol. The van der Waals surface area contributed by atoms with Gasteiger partial charge in [0.15, 0.2) is 16.9 Å². The summed E-state index contributed by atoms with van der Waals surface area (Å²) in [6.45, 7) is 6.78. The second-order valence-electron chi connectivity index (χ2n) is 9.97. The fourth-order valence-corrected chi connectivity index (χ4v) is 4.82. The number of nitrogens with zero attached hydrogens (tertiary/aromatic N) is 1. The van der Waals surface area contributed by atoms with Crippen molar-refractivity contribution in [2.45, 2.75) is 39.4 Å². The van der Waals surface area contributed by atoms with Crippen LogP contribution in [0.4, 0.5) is 18.9 Å². The molecule has 0 fully saturated rings. The Labute approximate surface area is 228 Å². The average molecular weight is 552 g/mol. The molecule has 4 aromatic rings. The molecule has 0 saturated heterocycles. The molecule has 0 bridgehead atoms. The van der Waals surface area contributed by atoms with E-state index in [1.165, 1.54) is 17.0 Å². The molecule has 1 unspecified atom stereocenters. The molecule has 1 amide bonds. The summed E-state index contributed by atoms with van der Waals surface area (Å²) in [5.74, 6) is 0.412. The largest absolute Gasteiger partial charge is 0.490 e. The molecule has 6 nitrogen and oxygen atoms in total. The third kappa shape index (κ3) is 5.03. The lowest BCUT2D eigenvalue weighted by Crippen LogP contribution is -2.29. The first-order chi connectivity index (χ1) is 19.1. The average Bonchev–Trinajstić information content (AvgIpc) is 3.21. The summed E-state index contributed by atoms with van der Waals surface area (Å²) in [5, 5.41) is 0.267. The Morgan fingerprint density at radius 3 is 2.45 bits per heavy atom. The van der Waals surface area contributed by atoms with Gasteiger partial charge in [0.2, 0.25) is 5.76 Å². The number of amides is 1. The zero-order chi connectivity index (χ0) is 28.6. The Morgan fingerprint density at radius 1 is 0.950 bits per heavy atom. The topological polar surface area (TPSA) is 69.0 Å². The zero-order valence-electron chi connectivity index (χ0n) is 22.2. The number of hydrogen-bond donors (Lipinski definition) is 0. The van der Waals surface area contributed by atoms with Gasteiger partial charge in [-0.15, -0.1) is 0 Å². The van der Waals surface area contributed by atoms with Crippen molar-refractivity contribution in [3.05, 3.63) is 99.4 Å². The van der Waals surface area contributed by atoms with Crippen LogP contribution in [-0.4, -0.2) is 19.1 Å². The van der Waals surface area contributed by atoms with Crippen molar-refractivity contribution < 1.29 is 31.9 Å². The van der Waals surface area contributed by atoms with Crippen LogP contribution in [0, 0.1) is 5.92 Å². The fourth-order valence-electron chi connectivity index (χ4n) is 4.82. The van der Waals surface area contributed by atoms with Crippen LogP contribution in [0.2, 0.25) is 0 Å². The number of benzene rings is 3. The number of fused-ring (bicyclic) bond motifs is 2. The van der Waals surface area contributed by atoms with Gasteiger partial charge in [-0.3, -0.25) is 14.5 Å². The van der Waals surface area contributed by atoms with Crippen molar-refractivity contribution in [3.63, 3.8) is 0 Å². The van der Waals surface area contributed by atoms with E-state index in [9.17, 15) is 22.8 Å². The summed E-state index contributed by atoms with van der Waals surface area (Å²) in [4.78, 5) is 28.7. The van der Waals surface area contributed by atoms with E-state index < -0.39 is 29.1 Å². The summed E-state index contributed by atoms with van der Waals surface area (Å²) < 4.78 is 58.5. The highest BCUT2D eigenvalue weighted by Gasteiger charge is 2.44. The monoisotopic (exact) mass is 551 g/mol. The molecule has 5 rings (SSSR count). The number of hydrogen-bond acceptors (Lipinski definition) is 5. The SMILES string of the molecule is CCOc1cc(C2c3c(oc4ccccc4c3=O)C(=O)N2c2cccc(C(F)(F)F)c2)ccc1OCCC(C)C. The lowest BCUT2D eigenvalue weighted by Gasteiger charge is -2.26. The first-order valence-corrected chi connectivity index (χ1v) is 13.1. The highest BCUT2D eigenvalue weighted by molar-refractivity contribution is 6.10. The maximum Gasteiger partial charge on any atom is 0.416 e. The summed E-state index contributed by atoms with van der Waals surface area (Å²) in [6, 6.07) is 15.0. The van der Waals surface area contributed by atoms with Crippen molar-refractivity contribution in [3.8, 4) is 11.5 Å². The van der Waals surface area contributed by atoms with Gasteiger partial charge in [0, 0.05) is 5.69 Å². The van der Waals surface area contributed by atoms with Gasteiger partial charge in [-0.25, -0.2) is 0 Å². The highest BCUT2D eigenvalue weighted by Crippen LogP contribution is 2.44. The third-order valence-electron chi connectivity index (χ3n) is 6.77. The van der Waals surface area contributed by atoms with Crippen LogP contribution in [0.5, 0.6) is 11.5 Å². The molecule has 0 radical (unpaired) electrons. The maximum absolute atomic E-state index is 13.8.